The smallest absolute Gasteiger partial charge is 0.410 e. The first-order chi connectivity index (χ1) is 17.4. The highest BCUT2D eigenvalue weighted by atomic mass is 16.6. The van der Waals surface area contributed by atoms with Crippen molar-refractivity contribution in [2.24, 2.45) is 5.92 Å². The molecular weight excluding hydrogens is 456 g/mol. The van der Waals surface area contributed by atoms with Crippen LogP contribution in [0.3, 0.4) is 0 Å². The molecule has 1 spiro atoms. The lowest BCUT2D eigenvalue weighted by atomic mass is 9.68. The zero-order chi connectivity index (χ0) is 25.3. The van der Waals surface area contributed by atoms with Crippen molar-refractivity contribution in [1.29, 1.82) is 0 Å². The van der Waals surface area contributed by atoms with Crippen LogP contribution in [0.1, 0.15) is 49.7 Å². The molecule has 1 aliphatic carbocycles. The van der Waals surface area contributed by atoms with Gasteiger partial charge in [-0.3, -0.25) is 0 Å². The van der Waals surface area contributed by atoms with Crippen molar-refractivity contribution < 1.29 is 19.1 Å². The molecular formula is C28H42N4O4. The number of piperidine rings is 2. The average Bonchev–Trinajstić information content (AvgIpc) is 3.33. The van der Waals surface area contributed by atoms with Crippen LogP contribution < -0.4 is 0 Å². The summed E-state index contributed by atoms with van der Waals surface area (Å²) in [5, 5.41) is 0. The average molecular weight is 499 g/mol. The van der Waals surface area contributed by atoms with Crippen LogP contribution in [-0.2, 0) is 21.4 Å². The first-order valence-corrected chi connectivity index (χ1v) is 13.6. The van der Waals surface area contributed by atoms with Gasteiger partial charge in [0.05, 0.1) is 6.61 Å². The predicted molar refractivity (Wildman–Crippen MR) is 138 cm³/mol. The lowest BCUT2D eigenvalue weighted by Gasteiger charge is -2.50. The topological polar surface area (TPSA) is 65.6 Å². The number of nitrogens with zero attached hydrogens (tertiary/aromatic N) is 4. The summed E-state index contributed by atoms with van der Waals surface area (Å²) in [5.74, 6) is 0.568. The molecule has 1 saturated carbocycles. The number of hydrogen-bond acceptors (Lipinski definition) is 5. The van der Waals surface area contributed by atoms with E-state index < -0.39 is 0 Å². The molecule has 8 nitrogen and oxygen atoms in total. The zero-order valence-corrected chi connectivity index (χ0v) is 22.2. The molecule has 3 aliphatic heterocycles. The van der Waals surface area contributed by atoms with Crippen molar-refractivity contribution in [1.82, 2.24) is 19.6 Å². The third-order valence-electron chi connectivity index (χ3n) is 9.12. The van der Waals surface area contributed by atoms with Crippen molar-refractivity contribution in [3.63, 3.8) is 0 Å². The summed E-state index contributed by atoms with van der Waals surface area (Å²) >= 11 is 0. The minimum absolute atomic E-state index is 0.0273. The summed E-state index contributed by atoms with van der Waals surface area (Å²) in [6.07, 6.45) is 6.43. The molecule has 0 N–H and O–H groups in total. The number of urea groups is 1. The quantitative estimate of drug-likeness (QED) is 0.594. The van der Waals surface area contributed by atoms with Crippen molar-refractivity contribution in [2.75, 3.05) is 60.6 Å². The van der Waals surface area contributed by atoms with Crippen LogP contribution in [-0.4, -0.2) is 104 Å². The minimum Gasteiger partial charge on any atom is -0.447 e. The van der Waals surface area contributed by atoms with E-state index in [1.165, 1.54) is 24.0 Å². The molecule has 3 atom stereocenters. The summed E-state index contributed by atoms with van der Waals surface area (Å²) in [5.41, 5.74) is 2.76. The van der Waals surface area contributed by atoms with Gasteiger partial charge >= 0.3 is 12.1 Å². The Balaban J connectivity index is 1.25. The van der Waals surface area contributed by atoms with Crippen LogP contribution in [0.4, 0.5) is 9.59 Å². The fraction of sp³-hybridized carbons (Fsp3) is 0.714. The third kappa shape index (κ3) is 4.82. The number of benzene rings is 1. The van der Waals surface area contributed by atoms with Gasteiger partial charge in [0.15, 0.2) is 0 Å². The van der Waals surface area contributed by atoms with E-state index in [4.69, 9.17) is 9.47 Å². The molecule has 8 heteroatoms. The fourth-order valence-corrected chi connectivity index (χ4v) is 7.33. The Kier molecular flexibility index (Phi) is 7.45. The number of ether oxygens (including phenoxy) is 2. The van der Waals surface area contributed by atoms with Crippen molar-refractivity contribution in [3.8, 4) is 0 Å². The molecule has 198 valence electrons. The van der Waals surface area contributed by atoms with E-state index in [1.807, 2.05) is 23.9 Å². The van der Waals surface area contributed by atoms with Crippen molar-refractivity contribution in [2.45, 2.75) is 62.6 Å². The summed E-state index contributed by atoms with van der Waals surface area (Å²) < 4.78 is 10.5. The highest BCUT2D eigenvalue weighted by Crippen LogP contribution is 2.45. The summed E-state index contributed by atoms with van der Waals surface area (Å²) in [4.78, 5) is 34.1. The highest BCUT2D eigenvalue weighted by molar-refractivity contribution is 5.74. The first kappa shape index (κ1) is 25.3. The lowest BCUT2D eigenvalue weighted by molar-refractivity contribution is 0.0433. The molecule has 2 saturated heterocycles. The van der Waals surface area contributed by atoms with Crippen LogP contribution in [0, 0.1) is 5.92 Å². The van der Waals surface area contributed by atoms with Crippen LogP contribution in [0.5, 0.6) is 0 Å². The van der Waals surface area contributed by atoms with E-state index in [2.05, 4.69) is 29.2 Å². The minimum atomic E-state index is -0.176. The van der Waals surface area contributed by atoms with Crippen LogP contribution >= 0.6 is 0 Å². The number of hydrogen-bond donors (Lipinski definition) is 0. The van der Waals surface area contributed by atoms with Gasteiger partial charge in [-0.25, -0.2) is 9.59 Å². The zero-order valence-electron chi connectivity index (χ0n) is 22.2. The number of fused-ring (bicyclic) bond motifs is 3. The second-order valence-electron chi connectivity index (χ2n) is 11.4. The molecule has 1 aromatic rings. The van der Waals surface area contributed by atoms with Gasteiger partial charge in [-0.2, -0.15) is 0 Å². The maximum absolute atomic E-state index is 12.9. The maximum atomic E-state index is 12.9. The Morgan fingerprint density at radius 2 is 1.86 bits per heavy atom. The van der Waals surface area contributed by atoms with Gasteiger partial charge < -0.3 is 29.1 Å². The van der Waals surface area contributed by atoms with Gasteiger partial charge in [-0.1, -0.05) is 24.3 Å². The van der Waals surface area contributed by atoms with Crippen molar-refractivity contribution in [3.05, 3.63) is 35.4 Å². The van der Waals surface area contributed by atoms with Gasteiger partial charge in [-0.15, -0.1) is 0 Å². The molecule has 3 amide bonds. The second-order valence-corrected chi connectivity index (χ2v) is 11.4. The Hall–Kier alpha value is -2.32. The van der Waals surface area contributed by atoms with Crippen LogP contribution in [0.25, 0.3) is 0 Å². The number of carbonyl (C=O) groups is 2. The third-order valence-corrected chi connectivity index (χ3v) is 9.12. The molecule has 5 rings (SSSR count). The molecule has 0 bridgehead atoms. The van der Waals surface area contributed by atoms with E-state index in [0.717, 1.165) is 51.9 Å². The standard InChI is InChI=1S/C28H42N4O4/c1-29(2)26(33)31-19-22-7-4-5-9-24(22)28(20-31)10-13-30(14-11-28)23-17-21-8-6-12-32(25(21)18-23)27(34)36-16-15-35-3/h4-5,7,9,21,23,25H,6,8,10-20H2,1-3H3. The van der Waals surface area contributed by atoms with Gasteiger partial charge in [-0.05, 0) is 68.7 Å². The molecule has 3 heterocycles. The van der Waals surface area contributed by atoms with E-state index in [0.29, 0.717) is 37.8 Å². The number of amides is 3. The van der Waals surface area contributed by atoms with E-state index in [9.17, 15) is 9.59 Å². The first-order valence-electron chi connectivity index (χ1n) is 13.6. The summed E-state index contributed by atoms with van der Waals surface area (Å²) in [7, 11) is 5.31. The monoisotopic (exact) mass is 498 g/mol. The highest BCUT2D eigenvalue weighted by Gasteiger charge is 2.48. The SMILES string of the molecule is COCCOC(=O)N1CCCC2CC(N3CCC4(CC3)CN(C(=O)N(C)C)Cc3ccccc34)CC21. The fourth-order valence-electron chi connectivity index (χ4n) is 7.33. The van der Waals surface area contributed by atoms with Crippen molar-refractivity contribution >= 4 is 12.1 Å². The normalized spacial score (nSPS) is 27.5. The molecule has 4 aliphatic rings. The van der Waals surface area contributed by atoms with E-state index in [1.54, 1.807) is 12.0 Å². The van der Waals surface area contributed by atoms with Crippen LogP contribution in [0.2, 0.25) is 0 Å². The number of likely N-dealkylation sites (tertiary alicyclic amines) is 2. The van der Waals surface area contributed by atoms with Gasteiger partial charge in [0.1, 0.15) is 6.61 Å². The molecule has 3 fully saturated rings. The Morgan fingerprint density at radius 3 is 2.61 bits per heavy atom. The Bertz CT molecular complexity index is 945. The Labute approximate surface area is 215 Å². The molecule has 36 heavy (non-hydrogen) atoms. The van der Waals surface area contributed by atoms with Gasteiger partial charge in [0, 0.05) is 58.3 Å². The number of methoxy groups -OCH3 is 1. The van der Waals surface area contributed by atoms with Gasteiger partial charge in [0.25, 0.3) is 0 Å². The van der Waals surface area contributed by atoms with Crippen LogP contribution in [0.15, 0.2) is 24.3 Å². The van der Waals surface area contributed by atoms with E-state index in [-0.39, 0.29) is 17.5 Å². The number of rotatable bonds is 4. The lowest BCUT2D eigenvalue weighted by Crippen LogP contribution is -2.55. The molecule has 0 aromatic heterocycles. The summed E-state index contributed by atoms with van der Waals surface area (Å²) in [6.45, 7) is 5.13. The molecule has 1 aromatic carbocycles. The Morgan fingerprint density at radius 1 is 1.08 bits per heavy atom. The predicted octanol–water partition coefficient (Wildman–Crippen LogP) is 3.54. The maximum Gasteiger partial charge on any atom is 0.410 e. The molecule has 3 unspecified atom stereocenters. The largest absolute Gasteiger partial charge is 0.447 e. The van der Waals surface area contributed by atoms with E-state index >= 15 is 0 Å². The van der Waals surface area contributed by atoms with Gasteiger partial charge in [0.2, 0.25) is 0 Å². The summed E-state index contributed by atoms with van der Waals surface area (Å²) in [6, 6.07) is 9.64. The number of carbonyl (C=O) groups excluding carboxylic acids is 2. The molecule has 0 radical (unpaired) electrons. The second kappa shape index (κ2) is 10.6.